The second-order valence-electron chi connectivity index (χ2n) is 5.46. The van der Waals surface area contributed by atoms with E-state index in [1.165, 1.54) is 11.1 Å². The number of nitrogens with one attached hydrogen (secondary N) is 1. The van der Waals surface area contributed by atoms with Crippen molar-refractivity contribution < 1.29 is 4.52 Å². The van der Waals surface area contributed by atoms with Crippen LogP contribution in [-0.2, 0) is 6.54 Å². The van der Waals surface area contributed by atoms with Gasteiger partial charge in [-0.1, -0.05) is 34.9 Å². The summed E-state index contributed by atoms with van der Waals surface area (Å²) in [5.74, 6) is 1.87. The molecule has 20 heavy (non-hydrogen) atoms. The van der Waals surface area contributed by atoms with Crippen molar-refractivity contribution in [2.45, 2.75) is 34.2 Å². The van der Waals surface area contributed by atoms with Gasteiger partial charge in [-0.05, 0) is 49.6 Å². The summed E-state index contributed by atoms with van der Waals surface area (Å²) in [6.07, 6.45) is 0. The number of benzene rings is 1. The van der Waals surface area contributed by atoms with Crippen LogP contribution in [0, 0.1) is 19.8 Å². The molecule has 0 aliphatic heterocycles. The molecule has 1 N–H and O–H groups in total. The van der Waals surface area contributed by atoms with Crippen molar-refractivity contribution in [1.29, 1.82) is 0 Å². The number of hydrogen-bond donors (Lipinski definition) is 1. The molecule has 1 aromatic carbocycles. The summed E-state index contributed by atoms with van der Waals surface area (Å²) in [5, 5.41) is 7.35. The molecule has 0 aliphatic carbocycles. The predicted octanol–water partition coefficient (Wildman–Crippen LogP) is 3.86. The third-order valence-corrected chi connectivity index (χ3v) is 4.24. The molecular weight excluding hydrogens is 318 g/mol. The Morgan fingerprint density at radius 2 is 1.90 bits per heavy atom. The first kappa shape index (κ1) is 15.2. The molecule has 0 aliphatic rings. The maximum atomic E-state index is 5.28. The lowest BCUT2D eigenvalue weighted by Gasteiger charge is -2.05. The number of rotatable bonds is 5. The third kappa shape index (κ3) is 3.67. The van der Waals surface area contributed by atoms with Gasteiger partial charge in [0.1, 0.15) is 0 Å². The zero-order valence-corrected chi connectivity index (χ0v) is 13.9. The van der Waals surface area contributed by atoms with Crippen LogP contribution in [0.4, 0.5) is 0 Å². The lowest BCUT2D eigenvalue weighted by atomic mass is 10.1. The van der Waals surface area contributed by atoms with E-state index in [2.05, 4.69) is 71.2 Å². The molecule has 108 valence electrons. The molecule has 0 bridgehead atoms. The van der Waals surface area contributed by atoms with Gasteiger partial charge in [0, 0.05) is 10.0 Å². The van der Waals surface area contributed by atoms with Crippen LogP contribution < -0.4 is 5.32 Å². The minimum Gasteiger partial charge on any atom is -0.338 e. The van der Waals surface area contributed by atoms with Crippen LogP contribution in [0.25, 0.3) is 11.4 Å². The number of hydrogen-bond acceptors (Lipinski definition) is 4. The minimum atomic E-state index is 0.606. The van der Waals surface area contributed by atoms with Crippen molar-refractivity contribution in [3.63, 3.8) is 0 Å². The first-order valence-corrected chi connectivity index (χ1v) is 7.57. The maximum Gasteiger partial charge on any atom is 0.240 e. The highest BCUT2D eigenvalue weighted by atomic mass is 79.9. The average Bonchev–Trinajstić information content (AvgIpc) is 2.83. The molecule has 1 heterocycles. The van der Waals surface area contributed by atoms with Crippen LogP contribution in [0.5, 0.6) is 0 Å². The van der Waals surface area contributed by atoms with Gasteiger partial charge in [-0.3, -0.25) is 0 Å². The summed E-state index contributed by atoms with van der Waals surface area (Å²) in [7, 11) is 0. The van der Waals surface area contributed by atoms with Crippen molar-refractivity contribution in [2.24, 2.45) is 5.92 Å². The van der Waals surface area contributed by atoms with Crippen LogP contribution >= 0.6 is 15.9 Å². The fourth-order valence-electron chi connectivity index (χ4n) is 1.99. The third-order valence-electron chi connectivity index (χ3n) is 2.99. The molecule has 0 atom stereocenters. The van der Waals surface area contributed by atoms with Crippen molar-refractivity contribution in [1.82, 2.24) is 15.5 Å². The first-order valence-electron chi connectivity index (χ1n) is 6.77. The molecule has 1 aromatic heterocycles. The Bertz CT molecular complexity index is 570. The molecule has 0 unspecified atom stereocenters. The highest BCUT2D eigenvalue weighted by Gasteiger charge is 2.11. The second kappa shape index (κ2) is 6.50. The van der Waals surface area contributed by atoms with E-state index in [1.807, 2.05) is 0 Å². The molecule has 0 saturated carbocycles. The Labute approximate surface area is 128 Å². The van der Waals surface area contributed by atoms with E-state index in [0.717, 1.165) is 16.6 Å². The minimum absolute atomic E-state index is 0.606. The van der Waals surface area contributed by atoms with Gasteiger partial charge < -0.3 is 9.84 Å². The predicted molar refractivity (Wildman–Crippen MR) is 83.5 cm³/mol. The van der Waals surface area contributed by atoms with Gasteiger partial charge in [0.15, 0.2) is 0 Å². The van der Waals surface area contributed by atoms with Crippen molar-refractivity contribution in [3.05, 3.63) is 33.6 Å². The Morgan fingerprint density at radius 3 is 2.50 bits per heavy atom. The number of halogens is 1. The Balaban J connectivity index is 2.12. The summed E-state index contributed by atoms with van der Waals surface area (Å²) >= 11 is 3.56. The Morgan fingerprint density at radius 1 is 1.25 bits per heavy atom. The fraction of sp³-hybridized carbons (Fsp3) is 0.467. The summed E-state index contributed by atoms with van der Waals surface area (Å²) in [6.45, 7) is 10.0. The highest BCUT2D eigenvalue weighted by molar-refractivity contribution is 9.10. The topological polar surface area (TPSA) is 51.0 Å². The fourth-order valence-corrected chi connectivity index (χ4v) is 2.22. The number of aryl methyl sites for hydroxylation is 2. The molecule has 5 heteroatoms. The smallest absolute Gasteiger partial charge is 0.240 e. The molecular formula is C15H20BrN3O. The lowest BCUT2D eigenvalue weighted by molar-refractivity contribution is 0.364. The van der Waals surface area contributed by atoms with Crippen molar-refractivity contribution in [3.8, 4) is 11.4 Å². The standard InChI is InChI=1S/C15H20BrN3O/c1-9(2)7-17-8-13-18-15(19-20-13)12-5-10(3)14(16)11(4)6-12/h5-6,9,17H,7-8H2,1-4H3. The van der Waals surface area contributed by atoms with Crippen LogP contribution in [0.2, 0.25) is 0 Å². The van der Waals surface area contributed by atoms with Gasteiger partial charge in [-0.25, -0.2) is 0 Å². The second-order valence-corrected chi connectivity index (χ2v) is 6.25. The van der Waals surface area contributed by atoms with Gasteiger partial charge in [0.2, 0.25) is 11.7 Å². The monoisotopic (exact) mass is 337 g/mol. The summed E-state index contributed by atoms with van der Waals surface area (Å²) in [6, 6.07) is 4.13. The first-order chi connectivity index (χ1) is 9.47. The van der Waals surface area contributed by atoms with E-state index in [-0.39, 0.29) is 0 Å². The van der Waals surface area contributed by atoms with Gasteiger partial charge in [-0.2, -0.15) is 4.98 Å². The molecule has 0 spiro atoms. The van der Waals surface area contributed by atoms with Crippen molar-refractivity contribution in [2.75, 3.05) is 6.54 Å². The summed E-state index contributed by atoms with van der Waals surface area (Å²) < 4.78 is 6.40. The van der Waals surface area contributed by atoms with E-state index >= 15 is 0 Å². The molecule has 2 rings (SSSR count). The molecule has 0 saturated heterocycles. The van der Waals surface area contributed by atoms with Gasteiger partial charge in [0.25, 0.3) is 0 Å². The number of aromatic nitrogens is 2. The van der Waals surface area contributed by atoms with Gasteiger partial charge in [-0.15, -0.1) is 0 Å². The molecule has 0 radical (unpaired) electrons. The van der Waals surface area contributed by atoms with Crippen molar-refractivity contribution >= 4 is 15.9 Å². The SMILES string of the molecule is Cc1cc(-c2noc(CNCC(C)C)n2)cc(C)c1Br. The van der Waals surface area contributed by atoms with E-state index in [0.29, 0.717) is 24.2 Å². The molecule has 4 nitrogen and oxygen atoms in total. The average molecular weight is 338 g/mol. The molecule has 0 amide bonds. The van der Waals surface area contributed by atoms with E-state index in [4.69, 9.17) is 4.52 Å². The Hall–Kier alpha value is -1.20. The normalized spacial score (nSPS) is 11.3. The van der Waals surface area contributed by atoms with Gasteiger partial charge in [0.05, 0.1) is 6.54 Å². The van der Waals surface area contributed by atoms with Crippen LogP contribution in [0.1, 0.15) is 30.9 Å². The summed E-state index contributed by atoms with van der Waals surface area (Å²) in [4.78, 5) is 4.43. The number of nitrogens with zero attached hydrogens (tertiary/aromatic N) is 2. The quantitative estimate of drug-likeness (QED) is 0.899. The highest BCUT2D eigenvalue weighted by Crippen LogP contribution is 2.27. The van der Waals surface area contributed by atoms with Crippen LogP contribution in [-0.4, -0.2) is 16.7 Å². The van der Waals surface area contributed by atoms with Crippen LogP contribution in [0.3, 0.4) is 0 Å². The maximum absolute atomic E-state index is 5.28. The van der Waals surface area contributed by atoms with E-state index < -0.39 is 0 Å². The summed E-state index contributed by atoms with van der Waals surface area (Å²) in [5.41, 5.74) is 3.33. The zero-order chi connectivity index (χ0) is 14.7. The van der Waals surface area contributed by atoms with E-state index in [1.54, 1.807) is 0 Å². The molecule has 2 aromatic rings. The van der Waals surface area contributed by atoms with Gasteiger partial charge >= 0.3 is 0 Å². The molecule has 0 fully saturated rings. The zero-order valence-electron chi connectivity index (χ0n) is 12.3. The van der Waals surface area contributed by atoms with E-state index in [9.17, 15) is 0 Å². The lowest BCUT2D eigenvalue weighted by Crippen LogP contribution is -2.19. The van der Waals surface area contributed by atoms with Crippen LogP contribution in [0.15, 0.2) is 21.1 Å². The largest absolute Gasteiger partial charge is 0.338 e. The Kier molecular flexibility index (Phi) is 4.94.